The highest BCUT2D eigenvalue weighted by Crippen LogP contribution is 2.36. The minimum Gasteiger partial charge on any atom is -0.316 e. The molecule has 0 amide bonds. The van der Waals surface area contributed by atoms with Gasteiger partial charge in [-0.3, -0.25) is 4.79 Å². The lowest BCUT2D eigenvalue weighted by Crippen LogP contribution is -2.10. The molecule has 190 valence electrons. The largest absolute Gasteiger partial charge is 0.316 e. The molecule has 0 aliphatic carbocycles. The number of halogens is 1. The van der Waals surface area contributed by atoms with Crippen LogP contribution in [0.1, 0.15) is 23.2 Å². The summed E-state index contributed by atoms with van der Waals surface area (Å²) in [6.45, 7) is 0. The Morgan fingerprint density at radius 2 is 1.58 bits per heavy atom. The first-order valence-corrected chi connectivity index (χ1v) is 14.5. The molecular formula is C32H26FNO3S. The van der Waals surface area contributed by atoms with Crippen molar-refractivity contribution in [3.8, 4) is 27.9 Å². The van der Waals surface area contributed by atoms with E-state index in [-0.39, 0.29) is 35.4 Å². The summed E-state index contributed by atoms with van der Waals surface area (Å²) < 4.78 is 39.4. The highest BCUT2D eigenvalue weighted by atomic mass is 32.2. The number of ketones is 1. The van der Waals surface area contributed by atoms with Crippen LogP contribution in [0.4, 0.5) is 4.39 Å². The molecule has 0 bridgehead atoms. The van der Waals surface area contributed by atoms with Gasteiger partial charge in [-0.25, -0.2) is 12.8 Å². The van der Waals surface area contributed by atoms with Crippen LogP contribution in [-0.2, 0) is 9.84 Å². The second-order valence-electron chi connectivity index (χ2n) is 9.96. The monoisotopic (exact) mass is 523 g/mol. The molecule has 38 heavy (non-hydrogen) atoms. The van der Waals surface area contributed by atoms with Crippen LogP contribution in [0.3, 0.4) is 0 Å². The molecular weight excluding hydrogens is 497 g/mol. The summed E-state index contributed by atoms with van der Waals surface area (Å²) in [5.74, 6) is -0.280. The number of Topliss-reactive ketones (excluding diaryl/α,β-unsaturated/α-hetero) is 1. The van der Waals surface area contributed by atoms with E-state index in [1.54, 1.807) is 12.1 Å². The number of carbonyl (C=O) groups excluding carboxylic acids is 1. The quantitative estimate of drug-likeness (QED) is 0.223. The Kier molecular flexibility index (Phi) is 6.20. The van der Waals surface area contributed by atoms with Crippen LogP contribution in [0, 0.1) is 11.7 Å². The highest BCUT2D eigenvalue weighted by molar-refractivity contribution is 7.91. The van der Waals surface area contributed by atoms with Gasteiger partial charge in [-0.05, 0) is 65.4 Å². The first kappa shape index (κ1) is 24.3. The van der Waals surface area contributed by atoms with Gasteiger partial charge in [0.15, 0.2) is 15.6 Å². The molecule has 1 aromatic heterocycles. The normalized spacial score (nSPS) is 16.6. The molecule has 2 heterocycles. The predicted molar refractivity (Wildman–Crippen MR) is 150 cm³/mol. The SMILES string of the molecule is O=C(CC1CCS(=O)(=O)C1)c1ccc2c(-c3cccc(-c4ccccc4)c3)cn(-c3ccc(F)cc3)c2c1. The summed E-state index contributed by atoms with van der Waals surface area (Å²) in [6.07, 6.45) is 2.78. The Balaban J connectivity index is 1.44. The average Bonchev–Trinajstić information content (AvgIpc) is 3.48. The van der Waals surface area contributed by atoms with Crippen LogP contribution in [-0.4, -0.2) is 30.3 Å². The van der Waals surface area contributed by atoms with Gasteiger partial charge in [-0.2, -0.15) is 0 Å². The van der Waals surface area contributed by atoms with E-state index in [0.29, 0.717) is 12.0 Å². The number of rotatable bonds is 6. The fourth-order valence-corrected chi connectivity index (χ4v) is 7.22. The molecule has 6 heteroatoms. The van der Waals surface area contributed by atoms with E-state index in [1.807, 2.05) is 53.2 Å². The van der Waals surface area contributed by atoms with Crippen LogP contribution in [0.5, 0.6) is 0 Å². The minimum atomic E-state index is -3.04. The third-order valence-corrected chi connectivity index (χ3v) is 9.15. The topological polar surface area (TPSA) is 56.1 Å². The summed E-state index contributed by atoms with van der Waals surface area (Å²) in [6, 6.07) is 30.5. The summed E-state index contributed by atoms with van der Waals surface area (Å²) in [4.78, 5) is 13.2. The Hall–Kier alpha value is -4.03. The van der Waals surface area contributed by atoms with Gasteiger partial charge in [-0.1, -0.05) is 60.7 Å². The van der Waals surface area contributed by atoms with Crippen molar-refractivity contribution in [1.82, 2.24) is 4.57 Å². The molecule has 1 fully saturated rings. The van der Waals surface area contributed by atoms with Gasteiger partial charge in [0.2, 0.25) is 0 Å². The van der Waals surface area contributed by atoms with Crippen molar-refractivity contribution >= 4 is 26.5 Å². The van der Waals surface area contributed by atoms with Crippen LogP contribution >= 0.6 is 0 Å². The Morgan fingerprint density at radius 3 is 2.32 bits per heavy atom. The van der Waals surface area contributed by atoms with Crippen molar-refractivity contribution in [1.29, 1.82) is 0 Å². The third-order valence-electron chi connectivity index (χ3n) is 7.31. The first-order valence-electron chi connectivity index (χ1n) is 12.7. The maximum absolute atomic E-state index is 13.7. The van der Waals surface area contributed by atoms with Crippen LogP contribution < -0.4 is 0 Å². The molecule has 5 aromatic rings. The Labute approximate surface area is 221 Å². The number of nitrogens with zero attached hydrogens (tertiary/aromatic N) is 1. The fraction of sp³-hybridized carbons (Fsp3) is 0.156. The second-order valence-corrected chi connectivity index (χ2v) is 12.2. The van der Waals surface area contributed by atoms with E-state index < -0.39 is 9.84 Å². The predicted octanol–water partition coefficient (Wildman–Crippen LogP) is 7.11. The van der Waals surface area contributed by atoms with Crippen LogP contribution in [0.25, 0.3) is 38.8 Å². The van der Waals surface area contributed by atoms with Crippen molar-refractivity contribution in [2.24, 2.45) is 5.92 Å². The molecule has 1 aliphatic heterocycles. The van der Waals surface area contributed by atoms with Crippen molar-refractivity contribution < 1.29 is 17.6 Å². The number of carbonyl (C=O) groups is 1. The number of hydrogen-bond donors (Lipinski definition) is 0. The van der Waals surface area contributed by atoms with Gasteiger partial charge in [0, 0.05) is 34.8 Å². The molecule has 0 saturated carbocycles. The van der Waals surface area contributed by atoms with Crippen molar-refractivity contribution in [3.63, 3.8) is 0 Å². The maximum atomic E-state index is 13.7. The number of sulfone groups is 1. The first-order chi connectivity index (χ1) is 18.4. The Bertz CT molecular complexity index is 1760. The van der Waals surface area contributed by atoms with E-state index in [0.717, 1.165) is 38.8 Å². The maximum Gasteiger partial charge on any atom is 0.163 e. The fourth-order valence-electron chi connectivity index (χ4n) is 5.36. The van der Waals surface area contributed by atoms with Crippen LogP contribution in [0.2, 0.25) is 0 Å². The average molecular weight is 524 g/mol. The van der Waals surface area contributed by atoms with Crippen molar-refractivity contribution in [3.05, 3.63) is 115 Å². The summed E-state index contributed by atoms with van der Waals surface area (Å²) >= 11 is 0. The van der Waals surface area contributed by atoms with Gasteiger partial charge < -0.3 is 4.57 Å². The molecule has 0 spiro atoms. The lowest BCUT2D eigenvalue weighted by atomic mass is 9.96. The van der Waals surface area contributed by atoms with E-state index in [4.69, 9.17) is 0 Å². The van der Waals surface area contributed by atoms with E-state index in [2.05, 4.69) is 30.3 Å². The van der Waals surface area contributed by atoms with Gasteiger partial charge >= 0.3 is 0 Å². The minimum absolute atomic E-state index is 0.0616. The van der Waals surface area contributed by atoms with Gasteiger partial charge in [0.25, 0.3) is 0 Å². The van der Waals surface area contributed by atoms with Crippen LogP contribution in [0.15, 0.2) is 103 Å². The lowest BCUT2D eigenvalue weighted by molar-refractivity contribution is 0.0966. The zero-order chi connectivity index (χ0) is 26.3. The van der Waals surface area contributed by atoms with E-state index >= 15 is 0 Å². The zero-order valence-electron chi connectivity index (χ0n) is 20.7. The lowest BCUT2D eigenvalue weighted by Gasteiger charge is -2.09. The van der Waals surface area contributed by atoms with Crippen molar-refractivity contribution in [2.45, 2.75) is 12.8 Å². The number of fused-ring (bicyclic) bond motifs is 1. The molecule has 1 atom stereocenters. The summed E-state index contributed by atoms with van der Waals surface area (Å²) in [7, 11) is -3.04. The molecule has 1 unspecified atom stereocenters. The van der Waals surface area contributed by atoms with Gasteiger partial charge in [0.1, 0.15) is 5.82 Å². The van der Waals surface area contributed by atoms with Gasteiger partial charge in [0.05, 0.1) is 17.0 Å². The number of benzene rings is 4. The number of aromatic nitrogens is 1. The molecule has 1 aliphatic rings. The molecule has 1 saturated heterocycles. The zero-order valence-corrected chi connectivity index (χ0v) is 21.5. The van der Waals surface area contributed by atoms with E-state index in [1.165, 1.54) is 12.1 Å². The molecule has 0 radical (unpaired) electrons. The summed E-state index contributed by atoms with van der Waals surface area (Å²) in [5, 5.41) is 0.972. The van der Waals surface area contributed by atoms with Gasteiger partial charge in [-0.15, -0.1) is 0 Å². The standard InChI is InChI=1S/C32H26FNO3S/c33-27-10-12-28(13-11-27)34-20-30(25-8-4-7-24(18-25)23-5-2-1-3-6-23)29-14-9-26(19-31(29)34)32(35)17-22-15-16-38(36,37)21-22/h1-14,18-20,22H,15-17,21H2. The Morgan fingerprint density at radius 1 is 0.842 bits per heavy atom. The molecule has 0 N–H and O–H groups in total. The second kappa shape index (κ2) is 9.69. The smallest absolute Gasteiger partial charge is 0.163 e. The summed E-state index contributed by atoms with van der Waals surface area (Å²) in [5.41, 5.74) is 6.43. The molecule has 4 aromatic carbocycles. The highest BCUT2D eigenvalue weighted by Gasteiger charge is 2.29. The number of hydrogen-bond acceptors (Lipinski definition) is 3. The third kappa shape index (κ3) is 4.79. The molecule has 6 rings (SSSR count). The van der Waals surface area contributed by atoms with E-state index in [9.17, 15) is 17.6 Å². The van der Waals surface area contributed by atoms with Crippen molar-refractivity contribution in [2.75, 3.05) is 11.5 Å². The molecule has 4 nitrogen and oxygen atoms in total.